The number of esters is 1. The van der Waals surface area contributed by atoms with Crippen molar-refractivity contribution in [1.82, 2.24) is 15.1 Å². The van der Waals surface area contributed by atoms with E-state index < -0.39 is 53.4 Å². The summed E-state index contributed by atoms with van der Waals surface area (Å²) in [5.74, 6) is -3.42. The Morgan fingerprint density at radius 2 is 1.90 bits per heavy atom. The van der Waals surface area contributed by atoms with Gasteiger partial charge in [-0.1, -0.05) is 71.8 Å². The Labute approximate surface area is 254 Å². The van der Waals surface area contributed by atoms with Crippen LogP contribution >= 0.6 is 15.9 Å². The van der Waals surface area contributed by atoms with Crippen molar-refractivity contribution in [3.05, 3.63) is 58.6 Å². The Morgan fingerprint density at radius 1 is 1.14 bits per heavy atom. The molecular weight excluding hydrogens is 606 g/mol. The number of likely N-dealkylation sites (tertiary alicyclic amines) is 1. The number of cyclic esters (lactones) is 1. The fourth-order valence-corrected chi connectivity index (χ4v) is 7.53. The Morgan fingerprint density at radius 3 is 2.62 bits per heavy atom. The highest BCUT2D eigenvalue weighted by Gasteiger charge is 2.74. The second kappa shape index (κ2) is 12.7. The lowest BCUT2D eigenvalue weighted by atomic mass is 9.74. The second-order valence-electron chi connectivity index (χ2n) is 11.4. The molecule has 5 bridgehead atoms. The van der Waals surface area contributed by atoms with Gasteiger partial charge in [0.05, 0.1) is 24.5 Å². The summed E-state index contributed by atoms with van der Waals surface area (Å²) in [6, 6.07) is 7.35. The second-order valence-corrected chi connectivity index (χ2v) is 12.3. The van der Waals surface area contributed by atoms with E-state index in [-0.39, 0.29) is 44.7 Å². The van der Waals surface area contributed by atoms with Crippen LogP contribution in [0.5, 0.6) is 0 Å². The lowest BCUT2D eigenvalue weighted by Crippen LogP contribution is -2.57. The molecule has 4 aliphatic heterocycles. The number of halogens is 1. The van der Waals surface area contributed by atoms with Crippen molar-refractivity contribution in [3.8, 4) is 0 Å². The number of amides is 3. The molecule has 5 rings (SSSR count). The number of nitrogens with zero attached hydrogens (tertiary/aromatic N) is 2. The first-order valence-corrected chi connectivity index (χ1v) is 15.5. The minimum absolute atomic E-state index is 0.0598. The lowest BCUT2D eigenvalue weighted by molar-refractivity contribution is -0.149. The van der Waals surface area contributed by atoms with E-state index in [1.165, 1.54) is 4.90 Å². The third-order valence-electron chi connectivity index (χ3n) is 8.74. The predicted octanol–water partition coefficient (Wildman–Crippen LogP) is 2.62. The molecular formula is C31H38BrN3O7. The summed E-state index contributed by atoms with van der Waals surface area (Å²) < 4.78 is 12.7. The van der Waals surface area contributed by atoms with Gasteiger partial charge >= 0.3 is 5.97 Å². The smallest absolute Gasteiger partial charge is 0.306 e. The van der Waals surface area contributed by atoms with Crippen LogP contribution in [-0.4, -0.2) is 88.7 Å². The first-order chi connectivity index (χ1) is 20.2. The molecule has 1 aromatic carbocycles. The van der Waals surface area contributed by atoms with Gasteiger partial charge in [-0.05, 0) is 31.4 Å². The summed E-state index contributed by atoms with van der Waals surface area (Å²) >= 11 is 3.56. The zero-order valence-corrected chi connectivity index (χ0v) is 25.5. The van der Waals surface area contributed by atoms with Crippen molar-refractivity contribution >= 4 is 39.6 Å². The molecule has 0 saturated carbocycles. The number of nitrogens with one attached hydrogen (secondary N) is 1. The van der Waals surface area contributed by atoms with E-state index in [0.29, 0.717) is 10.9 Å². The molecule has 42 heavy (non-hydrogen) atoms. The van der Waals surface area contributed by atoms with Gasteiger partial charge in [0.25, 0.3) is 0 Å². The molecule has 1 unspecified atom stereocenters. The van der Waals surface area contributed by atoms with Crippen LogP contribution in [0.1, 0.15) is 51.1 Å². The summed E-state index contributed by atoms with van der Waals surface area (Å²) in [4.78, 5) is 58.3. The van der Waals surface area contributed by atoms with Crippen LogP contribution in [0, 0.1) is 11.8 Å². The molecule has 1 aromatic rings. The molecule has 4 heterocycles. The average molecular weight is 645 g/mol. The van der Waals surface area contributed by atoms with E-state index >= 15 is 0 Å². The van der Waals surface area contributed by atoms with Crippen LogP contribution in [0.25, 0.3) is 0 Å². The molecule has 11 heteroatoms. The normalized spacial score (nSPS) is 33.2. The van der Waals surface area contributed by atoms with Crippen molar-refractivity contribution in [3.63, 3.8) is 0 Å². The molecule has 2 saturated heterocycles. The van der Waals surface area contributed by atoms with E-state index in [2.05, 4.69) is 21.2 Å². The largest absolute Gasteiger partial charge is 0.463 e. The number of ether oxygens (including phenoxy) is 2. The SMILES string of the molecule is CCCC(C)N1C/C=C\CCC(=O)OC[C@H](c2ccccc2)NC(=O)[C@H]2[C@@H]3O[C@@]4(C=C3Br)[C@@H]2C(=O)N(CCO)[C@@H]4C1=O. The minimum atomic E-state index is -1.37. The van der Waals surface area contributed by atoms with Gasteiger partial charge < -0.3 is 29.7 Å². The van der Waals surface area contributed by atoms with Gasteiger partial charge in [-0.2, -0.15) is 0 Å². The van der Waals surface area contributed by atoms with E-state index in [9.17, 15) is 24.3 Å². The Kier molecular flexibility index (Phi) is 9.20. The highest BCUT2D eigenvalue weighted by atomic mass is 79.9. The number of rotatable bonds is 6. The van der Waals surface area contributed by atoms with Gasteiger partial charge in [0.15, 0.2) is 0 Å². The summed E-state index contributed by atoms with van der Waals surface area (Å²) in [5.41, 5.74) is -0.621. The zero-order valence-electron chi connectivity index (χ0n) is 23.9. The molecule has 0 aliphatic carbocycles. The molecule has 7 atom stereocenters. The van der Waals surface area contributed by atoms with Crippen molar-refractivity contribution in [2.75, 3.05) is 26.3 Å². The number of hydrogen-bond donors (Lipinski definition) is 2. The molecule has 226 valence electrons. The standard InChI is InChI=1S/C31H38BrN3O7/c1-3-10-19(2)34-14-9-5-8-13-23(37)41-18-22(20-11-6-4-7-12-20)33-28(38)24-25-29(39)35(15-16-36)27(30(34)40)31(25)17-21(32)26(24)42-31/h4-7,9,11-12,17,19,22,24-27,36H,3,8,10,13-16,18H2,1-2H3,(H,33,38)/b9-5-/t19?,22-,24-,25+,26-,27-,31+/m1/s1. The van der Waals surface area contributed by atoms with Gasteiger partial charge in [0, 0.05) is 30.0 Å². The predicted molar refractivity (Wildman–Crippen MR) is 157 cm³/mol. The Hall–Kier alpha value is -3.02. The number of benzene rings is 1. The molecule has 4 aliphatic rings. The van der Waals surface area contributed by atoms with Gasteiger partial charge in [-0.15, -0.1) is 0 Å². The summed E-state index contributed by atoms with van der Waals surface area (Å²) in [7, 11) is 0. The first-order valence-electron chi connectivity index (χ1n) is 14.7. The maximum Gasteiger partial charge on any atom is 0.306 e. The first kappa shape index (κ1) is 30.4. The number of aliphatic hydroxyl groups excluding tert-OH is 1. The highest BCUT2D eigenvalue weighted by Crippen LogP contribution is 2.58. The molecule has 2 fully saturated rings. The van der Waals surface area contributed by atoms with E-state index in [1.807, 2.05) is 56.3 Å². The summed E-state index contributed by atoms with van der Waals surface area (Å²) in [5, 5.41) is 12.9. The highest BCUT2D eigenvalue weighted by molar-refractivity contribution is 9.11. The number of hydrogen-bond acceptors (Lipinski definition) is 7. The van der Waals surface area contributed by atoms with Gasteiger partial charge in [-0.3, -0.25) is 19.2 Å². The van der Waals surface area contributed by atoms with Crippen molar-refractivity contribution in [1.29, 1.82) is 0 Å². The van der Waals surface area contributed by atoms with Crippen molar-refractivity contribution < 1.29 is 33.8 Å². The van der Waals surface area contributed by atoms with Gasteiger partial charge in [-0.25, -0.2) is 0 Å². The third kappa shape index (κ3) is 5.42. The fraction of sp³-hybridized carbons (Fsp3) is 0.548. The number of allylic oxidation sites excluding steroid dienone is 1. The van der Waals surface area contributed by atoms with Gasteiger partial charge in [0.2, 0.25) is 17.7 Å². The minimum Gasteiger partial charge on any atom is -0.463 e. The third-order valence-corrected chi connectivity index (χ3v) is 9.42. The van der Waals surface area contributed by atoms with Crippen molar-refractivity contribution in [2.45, 2.75) is 69.4 Å². The molecule has 0 radical (unpaired) electrons. The zero-order chi connectivity index (χ0) is 30.0. The number of carbonyl (C=O) groups is 4. The molecule has 2 N–H and O–H groups in total. The topological polar surface area (TPSA) is 125 Å². The lowest BCUT2D eigenvalue weighted by Gasteiger charge is -2.38. The van der Waals surface area contributed by atoms with Crippen LogP contribution in [0.15, 0.2) is 53.0 Å². The molecule has 1 spiro atoms. The van der Waals surface area contributed by atoms with E-state index in [1.54, 1.807) is 11.0 Å². The van der Waals surface area contributed by atoms with Crippen LogP contribution in [0.4, 0.5) is 0 Å². The molecule has 10 nitrogen and oxygen atoms in total. The number of aliphatic hydroxyl groups is 1. The molecule has 3 amide bonds. The quantitative estimate of drug-likeness (QED) is 0.361. The summed E-state index contributed by atoms with van der Waals surface area (Å²) in [6.07, 6.45) is 6.91. The van der Waals surface area contributed by atoms with Gasteiger partial charge in [0.1, 0.15) is 24.4 Å². The molecule has 0 aromatic heterocycles. The fourth-order valence-electron chi connectivity index (χ4n) is 6.79. The van der Waals surface area contributed by atoms with Crippen LogP contribution < -0.4 is 5.32 Å². The maximum atomic E-state index is 14.5. The van der Waals surface area contributed by atoms with Crippen LogP contribution in [-0.2, 0) is 28.7 Å². The Balaban J connectivity index is 1.58. The number of carbonyl (C=O) groups excluding carboxylic acids is 4. The summed E-state index contributed by atoms with van der Waals surface area (Å²) in [6.45, 7) is 3.82. The van der Waals surface area contributed by atoms with Crippen LogP contribution in [0.2, 0.25) is 0 Å². The van der Waals surface area contributed by atoms with E-state index in [0.717, 1.165) is 18.4 Å². The Bertz CT molecular complexity index is 1270. The maximum absolute atomic E-state index is 14.5. The van der Waals surface area contributed by atoms with E-state index in [4.69, 9.17) is 9.47 Å². The number of β-amino-alcohol motifs (C(OH)–C–C–N with tert-alkyl or cyclic N) is 1. The van der Waals surface area contributed by atoms with Crippen LogP contribution in [0.3, 0.4) is 0 Å². The van der Waals surface area contributed by atoms with Crippen molar-refractivity contribution in [2.24, 2.45) is 11.8 Å². The monoisotopic (exact) mass is 643 g/mol. The number of fused-ring (bicyclic) bond motifs is 2. The average Bonchev–Trinajstić information content (AvgIpc) is 3.56.